The summed E-state index contributed by atoms with van der Waals surface area (Å²) < 4.78 is 42.2. The molecule has 2 atom stereocenters. The topological polar surface area (TPSA) is 84.2 Å². The summed E-state index contributed by atoms with van der Waals surface area (Å²) in [6.45, 7) is 4.14. The van der Waals surface area contributed by atoms with Gasteiger partial charge in [-0.1, -0.05) is 12.5 Å². The Labute approximate surface area is 176 Å². The molecular weight excluding hydrogens is 405 g/mol. The average Bonchev–Trinajstić information content (AvgIpc) is 3.24. The molecule has 4 rings (SSSR count). The molecule has 1 aromatic heterocycles. The van der Waals surface area contributed by atoms with Crippen LogP contribution in [0.5, 0.6) is 0 Å². The molecule has 2 aliphatic carbocycles. The number of sulfonamides is 1. The normalized spacial score (nSPS) is 25.7. The Kier molecular flexibility index (Phi) is 5.36. The van der Waals surface area contributed by atoms with Crippen LogP contribution in [-0.2, 0) is 16.4 Å². The number of hydrogen-bond acceptors (Lipinski definition) is 4. The first kappa shape index (κ1) is 21.2. The Balaban J connectivity index is 1.71. The largest absolute Gasteiger partial charge is 0.396 e. The van der Waals surface area contributed by atoms with E-state index < -0.39 is 10.0 Å². The maximum absolute atomic E-state index is 13.3. The van der Waals surface area contributed by atoms with Crippen LogP contribution < -0.4 is 4.72 Å². The van der Waals surface area contributed by atoms with Crippen LogP contribution in [0.3, 0.4) is 0 Å². The molecule has 30 heavy (non-hydrogen) atoms. The number of fused-ring (bicyclic) bond motifs is 2. The minimum atomic E-state index is -3.32. The van der Waals surface area contributed by atoms with Crippen LogP contribution in [0.15, 0.2) is 36.0 Å². The quantitative estimate of drug-likeness (QED) is 0.703. The highest BCUT2D eigenvalue weighted by Gasteiger charge is 2.55. The molecule has 0 radical (unpaired) electrons. The fourth-order valence-corrected chi connectivity index (χ4v) is 5.85. The molecule has 1 fully saturated rings. The molecule has 0 amide bonds. The summed E-state index contributed by atoms with van der Waals surface area (Å²) in [5, 5.41) is 14.3. The van der Waals surface area contributed by atoms with Gasteiger partial charge in [0, 0.05) is 13.2 Å². The lowest BCUT2D eigenvalue weighted by molar-refractivity contribution is 0.0795. The lowest BCUT2D eigenvalue weighted by Crippen LogP contribution is -2.48. The number of allylic oxidation sites excluding steroid dienone is 1. The molecule has 1 aromatic carbocycles. The third-order valence-electron chi connectivity index (χ3n) is 7.17. The van der Waals surface area contributed by atoms with Crippen LogP contribution in [-0.4, -0.2) is 42.2 Å². The summed E-state index contributed by atoms with van der Waals surface area (Å²) in [6, 6.07) is 6.26. The number of rotatable bonds is 7. The Bertz CT molecular complexity index is 1080. The molecule has 0 unspecified atom stereocenters. The number of hydrogen-bond donors (Lipinski definition) is 2. The monoisotopic (exact) mass is 433 g/mol. The van der Waals surface area contributed by atoms with E-state index in [1.807, 2.05) is 10.9 Å². The second-order valence-electron chi connectivity index (χ2n) is 8.60. The van der Waals surface area contributed by atoms with Gasteiger partial charge in [-0.15, -0.1) is 0 Å². The van der Waals surface area contributed by atoms with Crippen LogP contribution in [0.25, 0.3) is 11.8 Å². The highest BCUT2D eigenvalue weighted by molar-refractivity contribution is 7.89. The number of benzene rings is 1. The van der Waals surface area contributed by atoms with Crippen molar-refractivity contribution in [1.29, 1.82) is 0 Å². The van der Waals surface area contributed by atoms with Crippen LogP contribution in [0.4, 0.5) is 4.39 Å². The van der Waals surface area contributed by atoms with Gasteiger partial charge in [-0.2, -0.15) is 5.10 Å². The van der Waals surface area contributed by atoms with Gasteiger partial charge in [0.05, 0.1) is 23.3 Å². The Hall–Kier alpha value is -2.03. The summed E-state index contributed by atoms with van der Waals surface area (Å²) in [5.41, 5.74) is 3.49. The Morgan fingerprint density at radius 1 is 1.30 bits per heavy atom. The number of aliphatic hydroxyl groups is 1. The van der Waals surface area contributed by atoms with Gasteiger partial charge in [0.15, 0.2) is 0 Å². The minimum Gasteiger partial charge on any atom is -0.396 e. The molecule has 0 bridgehead atoms. The van der Waals surface area contributed by atoms with E-state index in [1.165, 1.54) is 17.7 Å². The van der Waals surface area contributed by atoms with Crippen molar-refractivity contribution >= 4 is 16.1 Å². The molecule has 1 saturated carbocycles. The zero-order valence-electron chi connectivity index (χ0n) is 17.4. The molecule has 0 saturated heterocycles. The molecule has 2 N–H and O–H groups in total. The fraction of sp³-hybridized carbons (Fsp3) is 0.500. The van der Waals surface area contributed by atoms with Crippen LogP contribution >= 0.6 is 0 Å². The SMILES string of the molecule is CCS(=O)(=O)NC[C@]1(CCO)CCC2=Cc3c(cnn3-c3ccc(F)cc3)C[C@@]21C. The second-order valence-corrected chi connectivity index (χ2v) is 10.7. The zero-order chi connectivity index (χ0) is 21.6. The van der Waals surface area contributed by atoms with E-state index in [2.05, 4.69) is 22.8 Å². The highest BCUT2D eigenvalue weighted by Crippen LogP contribution is 2.61. The molecule has 8 heteroatoms. The van der Waals surface area contributed by atoms with Crippen molar-refractivity contribution in [3.05, 3.63) is 53.1 Å². The van der Waals surface area contributed by atoms with Crippen LogP contribution in [0.2, 0.25) is 0 Å². The summed E-state index contributed by atoms with van der Waals surface area (Å²) in [7, 11) is -3.32. The van der Waals surface area contributed by atoms with Crippen molar-refractivity contribution in [3.8, 4) is 5.69 Å². The third-order valence-corrected chi connectivity index (χ3v) is 8.51. The first-order valence-electron chi connectivity index (χ1n) is 10.4. The van der Waals surface area contributed by atoms with E-state index in [4.69, 9.17) is 0 Å². The van der Waals surface area contributed by atoms with E-state index in [0.717, 1.165) is 36.2 Å². The highest BCUT2D eigenvalue weighted by atomic mass is 32.2. The van der Waals surface area contributed by atoms with Crippen molar-refractivity contribution in [1.82, 2.24) is 14.5 Å². The molecular formula is C22H28FN3O3S. The summed E-state index contributed by atoms with van der Waals surface area (Å²) in [5.74, 6) is -0.249. The second kappa shape index (κ2) is 7.59. The smallest absolute Gasteiger partial charge is 0.211 e. The van der Waals surface area contributed by atoms with E-state index in [-0.39, 0.29) is 29.0 Å². The van der Waals surface area contributed by atoms with E-state index in [0.29, 0.717) is 13.0 Å². The molecule has 0 spiro atoms. The summed E-state index contributed by atoms with van der Waals surface area (Å²) in [4.78, 5) is 0. The Morgan fingerprint density at radius 2 is 2.03 bits per heavy atom. The number of aromatic nitrogens is 2. The van der Waals surface area contributed by atoms with E-state index in [9.17, 15) is 17.9 Å². The predicted octanol–water partition coefficient (Wildman–Crippen LogP) is 3.06. The number of halogens is 1. The summed E-state index contributed by atoms with van der Waals surface area (Å²) >= 11 is 0. The van der Waals surface area contributed by atoms with Gasteiger partial charge in [-0.3, -0.25) is 0 Å². The van der Waals surface area contributed by atoms with Crippen molar-refractivity contribution in [2.24, 2.45) is 10.8 Å². The van der Waals surface area contributed by atoms with Crippen molar-refractivity contribution in [3.63, 3.8) is 0 Å². The first-order valence-corrected chi connectivity index (χ1v) is 12.0. The van der Waals surface area contributed by atoms with Gasteiger partial charge in [0.1, 0.15) is 5.82 Å². The van der Waals surface area contributed by atoms with Gasteiger partial charge in [-0.25, -0.2) is 22.2 Å². The maximum Gasteiger partial charge on any atom is 0.211 e. The van der Waals surface area contributed by atoms with Crippen LogP contribution in [0.1, 0.15) is 44.4 Å². The summed E-state index contributed by atoms with van der Waals surface area (Å²) in [6.07, 6.45) is 6.92. The Morgan fingerprint density at radius 3 is 2.70 bits per heavy atom. The molecule has 162 valence electrons. The lowest BCUT2D eigenvalue weighted by atomic mass is 9.59. The first-order chi connectivity index (χ1) is 14.2. The van der Waals surface area contributed by atoms with Gasteiger partial charge < -0.3 is 5.11 Å². The third kappa shape index (κ3) is 3.40. The van der Waals surface area contributed by atoms with Gasteiger partial charge in [0.25, 0.3) is 0 Å². The predicted molar refractivity (Wildman–Crippen MR) is 114 cm³/mol. The zero-order valence-corrected chi connectivity index (χ0v) is 18.2. The fourth-order valence-electron chi connectivity index (χ4n) is 5.15. The molecule has 1 heterocycles. The maximum atomic E-state index is 13.3. The van der Waals surface area contributed by atoms with Gasteiger partial charge in [0.2, 0.25) is 10.0 Å². The van der Waals surface area contributed by atoms with Gasteiger partial charge in [-0.05, 0) is 79.3 Å². The standard InChI is InChI=1S/C22H28FN3O3S/c1-3-30(28,29)25-15-22(10-11-27)9-8-17-12-20-16(13-21(17,22)2)14-24-26(20)19-6-4-18(23)5-7-19/h4-7,12,14,25,27H,3,8-11,13,15H2,1-2H3/t21-,22+/m0/s1. The lowest BCUT2D eigenvalue weighted by Gasteiger charge is -2.46. The molecule has 2 aliphatic rings. The van der Waals surface area contributed by atoms with Crippen molar-refractivity contribution in [2.75, 3.05) is 18.9 Å². The number of nitrogens with one attached hydrogen (secondary N) is 1. The van der Waals surface area contributed by atoms with Crippen molar-refractivity contribution < 1.29 is 17.9 Å². The molecule has 0 aliphatic heterocycles. The molecule has 2 aromatic rings. The molecule has 6 nitrogen and oxygen atoms in total. The van der Waals surface area contributed by atoms with E-state index >= 15 is 0 Å². The minimum absolute atomic E-state index is 0.0123. The number of nitrogens with zero attached hydrogens (tertiary/aromatic N) is 2. The average molecular weight is 434 g/mol. The number of aliphatic hydroxyl groups excluding tert-OH is 1. The van der Waals surface area contributed by atoms with Crippen LogP contribution in [0, 0.1) is 16.6 Å². The van der Waals surface area contributed by atoms with E-state index in [1.54, 1.807) is 19.1 Å². The van der Waals surface area contributed by atoms with Crippen molar-refractivity contribution in [2.45, 2.75) is 39.5 Å². The van der Waals surface area contributed by atoms with Gasteiger partial charge >= 0.3 is 0 Å².